The molecule has 29 heavy (non-hydrogen) atoms. The van der Waals surface area contributed by atoms with Crippen LogP contribution in [-0.2, 0) is 14.8 Å². The number of fused-ring (bicyclic) bond motifs is 1. The molecule has 1 amide bonds. The molecular weight excluding hydrogens is 396 g/mol. The van der Waals surface area contributed by atoms with Gasteiger partial charge in [0, 0.05) is 5.56 Å². The van der Waals surface area contributed by atoms with Gasteiger partial charge in [0.1, 0.15) is 17.2 Å². The molecule has 8 nitrogen and oxygen atoms in total. The van der Waals surface area contributed by atoms with Crippen molar-refractivity contribution in [3.8, 4) is 17.2 Å². The van der Waals surface area contributed by atoms with Crippen LogP contribution in [0.25, 0.3) is 0 Å². The fourth-order valence-electron chi connectivity index (χ4n) is 3.21. The number of carbonyl (C=O) groups excluding carboxylic acids is 1. The van der Waals surface area contributed by atoms with Crippen LogP contribution in [0.1, 0.15) is 18.5 Å². The second-order valence-electron chi connectivity index (χ2n) is 6.71. The van der Waals surface area contributed by atoms with Gasteiger partial charge in [-0.1, -0.05) is 12.1 Å². The number of ether oxygens (including phenoxy) is 3. The number of nitrogens with one attached hydrogen (secondary N) is 1. The largest absolute Gasteiger partial charge is 0.497 e. The van der Waals surface area contributed by atoms with Gasteiger partial charge in [0.25, 0.3) is 5.91 Å². The summed E-state index contributed by atoms with van der Waals surface area (Å²) in [5.41, 5.74) is 1.15. The van der Waals surface area contributed by atoms with Crippen molar-refractivity contribution in [2.45, 2.75) is 19.1 Å². The van der Waals surface area contributed by atoms with Crippen molar-refractivity contribution in [1.82, 2.24) is 5.32 Å². The van der Waals surface area contributed by atoms with E-state index in [2.05, 4.69) is 5.32 Å². The lowest BCUT2D eigenvalue weighted by molar-refractivity contribution is -0.128. The van der Waals surface area contributed by atoms with Gasteiger partial charge in [-0.25, -0.2) is 8.42 Å². The van der Waals surface area contributed by atoms with Crippen LogP contribution in [0.15, 0.2) is 42.5 Å². The minimum absolute atomic E-state index is 0.107. The van der Waals surface area contributed by atoms with Gasteiger partial charge in [-0.2, -0.15) is 0 Å². The number of methoxy groups -OCH3 is 2. The standard InChI is InChI=1S/C20H24N2O6S/c1-13(15-11-14(26-2)9-10-17(15)27-3)21-20(23)19-12-22(29(4,24)25)16-7-5-6-8-18(16)28-19/h5-11,13,19H,12H2,1-4H3,(H,21,23). The highest BCUT2D eigenvalue weighted by Crippen LogP contribution is 2.35. The third-order valence-electron chi connectivity index (χ3n) is 4.69. The summed E-state index contributed by atoms with van der Waals surface area (Å²) in [5.74, 6) is 1.15. The van der Waals surface area contributed by atoms with Gasteiger partial charge in [0.05, 0.1) is 38.7 Å². The average molecular weight is 420 g/mol. The molecule has 2 atom stereocenters. The third kappa shape index (κ3) is 4.40. The number of rotatable bonds is 6. The van der Waals surface area contributed by atoms with Crippen LogP contribution in [0.4, 0.5) is 5.69 Å². The van der Waals surface area contributed by atoms with Crippen molar-refractivity contribution < 1.29 is 27.4 Å². The van der Waals surface area contributed by atoms with E-state index >= 15 is 0 Å². The number of sulfonamides is 1. The topological polar surface area (TPSA) is 94.2 Å². The normalized spacial score (nSPS) is 17.0. The Kier molecular flexibility index (Phi) is 5.88. The lowest BCUT2D eigenvalue weighted by Crippen LogP contribution is -2.50. The minimum atomic E-state index is -3.57. The summed E-state index contributed by atoms with van der Waals surface area (Å²) < 4.78 is 42.0. The fourth-order valence-corrected chi connectivity index (χ4v) is 4.13. The van der Waals surface area contributed by atoms with Gasteiger partial charge in [0.15, 0.2) is 6.10 Å². The Morgan fingerprint density at radius 2 is 1.93 bits per heavy atom. The van der Waals surface area contributed by atoms with Crippen LogP contribution in [0, 0.1) is 0 Å². The summed E-state index contributed by atoms with van der Waals surface area (Å²) in [6, 6.07) is 11.6. The molecule has 1 heterocycles. The molecular formula is C20H24N2O6S. The third-order valence-corrected chi connectivity index (χ3v) is 5.84. The predicted octanol–water partition coefficient (Wildman–Crippen LogP) is 2.11. The first-order valence-corrected chi connectivity index (χ1v) is 10.8. The number of benzene rings is 2. The molecule has 2 aromatic rings. The van der Waals surface area contributed by atoms with E-state index in [-0.39, 0.29) is 6.54 Å². The first-order chi connectivity index (χ1) is 13.7. The van der Waals surface area contributed by atoms with Gasteiger partial charge in [-0.05, 0) is 37.3 Å². The zero-order valence-corrected chi connectivity index (χ0v) is 17.5. The molecule has 2 unspecified atom stereocenters. The summed E-state index contributed by atoms with van der Waals surface area (Å²) in [7, 11) is -0.465. The van der Waals surface area contributed by atoms with E-state index in [4.69, 9.17) is 14.2 Å². The maximum Gasteiger partial charge on any atom is 0.263 e. The number of nitrogens with zero attached hydrogens (tertiary/aromatic N) is 1. The van der Waals surface area contributed by atoms with E-state index < -0.39 is 28.1 Å². The Morgan fingerprint density at radius 3 is 2.59 bits per heavy atom. The zero-order valence-electron chi connectivity index (χ0n) is 16.7. The molecule has 9 heteroatoms. The van der Waals surface area contributed by atoms with Gasteiger partial charge >= 0.3 is 0 Å². The molecule has 0 bridgehead atoms. The summed E-state index contributed by atoms with van der Waals surface area (Å²) >= 11 is 0. The number of amides is 1. The highest BCUT2D eigenvalue weighted by atomic mass is 32.2. The maximum atomic E-state index is 12.9. The highest BCUT2D eigenvalue weighted by molar-refractivity contribution is 7.92. The summed E-state index contributed by atoms with van der Waals surface area (Å²) in [4.78, 5) is 12.9. The van der Waals surface area contributed by atoms with E-state index in [1.807, 2.05) is 0 Å². The highest BCUT2D eigenvalue weighted by Gasteiger charge is 2.35. The first kappa shape index (κ1) is 20.8. The smallest absolute Gasteiger partial charge is 0.263 e. The van der Waals surface area contributed by atoms with Crippen molar-refractivity contribution in [1.29, 1.82) is 0 Å². The summed E-state index contributed by atoms with van der Waals surface area (Å²) in [6.07, 6.45) is 0.118. The van der Waals surface area contributed by atoms with E-state index in [1.165, 1.54) is 4.31 Å². The number of hydrogen-bond donors (Lipinski definition) is 1. The van der Waals surface area contributed by atoms with Crippen molar-refractivity contribution in [3.05, 3.63) is 48.0 Å². The molecule has 1 aliphatic heterocycles. The van der Waals surface area contributed by atoms with Crippen molar-refractivity contribution in [3.63, 3.8) is 0 Å². The van der Waals surface area contributed by atoms with Crippen molar-refractivity contribution in [2.24, 2.45) is 0 Å². The second kappa shape index (κ2) is 8.20. The Hall–Kier alpha value is -2.94. The molecule has 2 aromatic carbocycles. The molecule has 0 saturated heterocycles. The van der Waals surface area contributed by atoms with Crippen LogP contribution in [0.5, 0.6) is 17.2 Å². The van der Waals surface area contributed by atoms with Gasteiger partial charge in [0.2, 0.25) is 10.0 Å². The van der Waals surface area contributed by atoms with Gasteiger partial charge in [-0.15, -0.1) is 0 Å². The Balaban J connectivity index is 1.83. The number of hydrogen-bond acceptors (Lipinski definition) is 6. The van der Waals surface area contributed by atoms with E-state index in [0.29, 0.717) is 22.9 Å². The Morgan fingerprint density at radius 1 is 1.21 bits per heavy atom. The predicted molar refractivity (Wildman–Crippen MR) is 109 cm³/mol. The molecule has 1 N–H and O–H groups in total. The lowest BCUT2D eigenvalue weighted by atomic mass is 10.1. The van der Waals surface area contributed by atoms with E-state index in [9.17, 15) is 13.2 Å². The molecule has 0 saturated carbocycles. The lowest BCUT2D eigenvalue weighted by Gasteiger charge is -2.34. The number of para-hydroxylation sites is 2. The van der Waals surface area contributed by atoms with E-state index in [1.54, 1.807) is 63.6 Å². The van der Waals surface area contributed by atoms with E-state index in [0.717, 1.165) is 11.8 Å². The minimum Gasteiger partial charge on any atom is -0.497 e. The molecule has 156 valence electrons. The quantitative estimate of drug-likeness (QED) is 0.769. The van der Waals surface area contributed by atoms with Crippen molar-refractivity contribution in [2.75, 3.05) is 31.3 Å². The van der Waals surface area contributed by atoms with Crippen molar-refractivity contribution >= 4 is 21.6 Å². The molecule has 0 aliphatic carbocycles. The zero-order chi connectivity index (χ0) is 21.2. The van der Waals surface area contributed by atoms with Crippen LogP contribution in [0.2, 0.25) is 0 Å². The van der Waals surface area contributed by atoms with Gasteiger partial charge in [-0.3, -0.25) is 9.10 Å². The summed E-state index contributed by atoms with van der Waals surface area (Å²) in [5, 5.41) is 2.87. The van der Waals surface area contributed by atoms with Gasteiger partial charge < -0.3 is 19.5 Å². The monoisotopic (exact) mass is 420 g/mol. The van der Waals surface area contributed by atoms with Crippen LogP contribution >= 0.6 is 0 Å². The second-order valence-corrected chi connectivity index (χ2v) is 8.61. The van der Waals surface area contributed by atoms with Crippen LogP contribution in [0.3, 0.4) is 0 Å². The summed E-state index contributed by atoms with van der Waals surface area (Å²) in [6.45, 7) is 1.70. The molecule has 0 spiro atoms. The SMILES string of the molecule is COc1ccc(OC)c(C(C)NC(=O)C2CN(S(C)(=O)=O)c3ccccc3O2)c1. The molecule has 1 aliphatic rings. The molecule has 0 radical (unpaired) electrons. The molecule has 3 rings (SSSR count). The molecule has 0 aromatic heterocycles. The number of carbonyl (C=O) groups is 1. The number of anilines is 1. The maximum absolute atomic E-state index is 12.9. The average Bonchev–Trinajstić information content (AvgIpc) is 2.71. The first-order valence-electron chi connectivity index (χ1n) is 9.00. The molecule has 0 fully saturated rings. The van der Waals surface area contributed by atoms with Crippen LogP contribution in [-0.4, -0.2) is 47.4 Å². The van der Waals surface area contributed by atoms with Crippen LogP contribution < -0.4 is 23.8 Å². The fraction of sp³-hybridized carbons (Fsp3) is 0.350. The Labute approximate surface area is 170 Å². The Bertz CT molecular complexity index is 1010.